The van der Waals surface area contributed by atoms with Gasteiger partial charge in [0.25, 0.3) is 0 Å². The molecule has 1 N–H and O–H groups in total. The van der Waals surface area contributed by atoms with E-state index in [0.717, 1.165) is 24.5 Å². The molecule has 1 unspecified atom stereocenters. The van der Waals surface area contributed by atoms with Gasteiger partial charge in [-0.15, -0.1) is 0 Å². The van der Waals surface area contributed by atoms with Crippen molar-refractivity contribution in [1.29, 1.82) is 0 Å². The Kier molecular flexibility index (Phi) is 5.85. The van der Waals surface area contributed by atoms with Gasteiger partial charge in [-0.1, -0.05) is 48.5 Å². The molecular weight excluding hydrogens is 355 g/mol. The van der Waals surface area contributed by atoms with Gasteiger partial charge in [0.2, 0.25) is 0 Å². The molecule has 3 nitrogen and oxygen atoms in total. The molecule has 0 spiro atoms. The van der Waals surface area contributed by atoms with E-state index in [1.165, 1.54) is 12.1 Å². The summed E-state index contributed by atoms with van der Waals surface area (Å²) < 4.78 is 39.6. The number of carbonyl (C=O) groups is 1. The molecule has 2 aromatic rings. The number of halogens is 3. The molecule has 144 valence electrons. The first-order valence-electron chi connectivity index (χ1n) is 9.01. The lowest BCUT2D eigenvalue weighted by Crippen LogP contribution is -2.38. The Hall–Kier alpha value is -2.34. The van der Waals surface area contributed by atoms with Crippen LogP contribution in [0.25, 0.3) is 0 Å². The molecule has 0 bridgehead atoms. The number of benzene rings is 2. The smallest absolute Gasteiger partial charge is 0.416 e. The first kappa shape index (κ1) is 19.4. The third kappa shape index (κ3) is 4.89. The highest BCUT2D eigenvalue weighted by Crippen LogP contribution is 2.40. The molecule has 0 aromatic heterocycles. The average Bonchev–Trinajstić information content (AvgIpc) is 2.63. The largest absolute Gasteiger partial charge is 0.480 e. The zero-order valence-corrected chi connectivity index (χ0v) is 14.8. The van der Waals surface area contributed by atoms with Gasteiger partial charge in [-0.05, 0) is 49.0 Å². The molecule has 1 saturated heterocycles. The van der Waals surface area contributed by atoms with Crippen LogP contribution < -0.4 is 0 Å². The minimum absolute atomic E-state index is 0.00623. The summed E-state index contributed by atoms with van der Waals surface area (Å²) in [4.78, 5) is 12.8. The Bertz CT molecular complexity index is 768. The molecule has 0 amide bonds. The third-order valence-corrected chi connectivity index (χ3v) is 5.19. The maximum Gasteiger partial charge on any atom is 0.416 e. The first-order chi connectivity index (χ1) is 12.8. The fourth-order valence-corrected chi connectivity index (χ4v) is 3.94. The van der Waals surface area contributed by atoms with Crippen molar-refractivity contribution >= 4 is 5.97 Å². The number of hydrogen-bond acceptors (Lipinski definition) is 2. The summed E-state index contributed by atoms with van der Waals surface area (Å²) in [5, 5.41) is 8.96. The van der Waals surface area contributed by atoms with Crippen LogP contribution in [0.3, 0.4) is 0 Å². The van der Waals surface area contributed by atoms with Crippen molar-refractivity contribution in [2.75, 3.05) is 19.6 Å². The fraction of sp³-hybridized carbons (Fsp3) is 0.381. The molecule has 0 saturated carbocycles. The molecular formula is C21H22F3NO2. The highest BCUT2D eigenvalue weighted by Gasteiger charge is 2.33. The number of rotatable bonds is 5. The number of piperidine rings is 1. The standard InChI is InChI=1S/C21H22F3NO2/c22-21(23,24)18-8-4-7-17(13-18)20(15-5-2-1-3-6-15)16-9-11-25(12-10-16)14-19(26)27/h1-8,13,16,20H,9-12,14H2,(H,26,27). The molecule has 0 radical (unpaired) electrons. The van der Waals surface area contributed by atoms with Crippen LogP contribution in [-0.4, -0.2) is 35.6 Å². The zero-order chi connectivity index (χ0) is 19.4. The minimum Gasteiger partial charge on any atom is -0.480 e. The maximum absolute atomic E-state index is 13.2. The highest BCUT2D eigenvalue weighted by atomic mass is 19.4. The summed E-state index contributed by atoms with van der Waals surface area (Å²) in [6.45, 7) is 1.28. The third-order valence-electron chi connectivity index (χ3n) is 5.19. The second-order valence-electron chi connectivity index (χ2n) is 7.02. The molecule has 27 heavy (non-hydrogen) atoms. The van der Waals surface area contributed by atoms with Crippen LogP contribution in [0.5, 0.6) is 0 Å². The van der Waals surface area contributed by atoms with Crippen LogP contribution in [0, 0.1) is 5.92 Å². The Morgan fingerprint density at radius 2 is 1.67 bits per heavy atom. The van der Waals surface area contributed by atoms with E-state index < -0.39 is 17.7 Å². The Morgan fingerprint density at radius 1 is 1.04 bits per heavy atom. The van der Waals surface area contributed by atoms with E-state index in [2.05, 4.69) is 0 Å². The topological polar surface area (TPSA) is 40.5 Å². The average molecular weight is 377 g/mol. The lowest BCUT2D eigenvalue weighted by molar-refractivity contribution is -0.139. The van der Waals surface area contributed by atoms with Gasteiger partial charge in [0.05, 0.1) is 12.1 Å². The van der Waals surface area contributed by atoms with Gasteiger partial charge >= 0.3 is 12.1 Å². The number of carboxylic acids is 1. The Morgan fingerprint density at radius 3 is 2.26 bits per heavy atom. The normalized spacial score (nSPS) is 17.6. The number of aliphatic carboxylic acids is 1. The molecule has 0 aliphatic carbocycles. The summed E-state index contributed by atoms with van der Waals surface area (Å²) in [6.07, 6.45) is -2.87. The van der Waals surface area contributed by atoms with E-state index >= 15 is 0 Å². The van der Waals surface area contributed by atoms with Crippen molar-refractivity contribution in [3.63, 3.8) is 0 Å². The summed E-state index contributed by atoms with van der Waals surface area (Å²) in [6, 6.07) is 15.2. The molecule has 2 aromatic carbocycles. The van der Waals surface area contributed by atoms with Gasteiger partial charge in [-0.25, -0.2) is 0 Å². The van der Waals surface area contributed by atoms with Gasteiger partial charge in [-0.3, -0.25) is 9.69 Å². The predicted octanol–water partition coefficient (Wildman–Crippen LogP) is 4.63. The van der Waals surface area contributed by atoms with E-state index in [4.69, 9.17) is 5.11 Å². The quantitative estimate of drug-likeness (QED) is 0.826. The van der Waals surface area contributed by atoms with E-state index in [9.17, 15) is 18.0 Å². The van der Waals surface area contributed by atoms with Crippen molar-refractivity contribution in [3.05, 3.63) is 71.3 Å². The van der Waals surface area contributed by atoms with Gasteiger partial charge in [0.15, 0.2) is 0 Å². The lowest BCUT2D eigenvalue weighted by Gasteiger charge is -2.36. The Labute approximate surface area is 156 Å². The summed E-state index contributed by atoms with van der Waals surface area (Å²) >= 11 is 0. The highest BCUT2D eigenvalue weighted by molar-refractivity contribution is 5.69. The number of hydrogen-bond donors (Lipinski definition) is 1. The summed E-state index contributed by atoms with van der Waals surface area (Å²) in [5.74, 6) is -0.827. The second kappa shape index (κ2) is 8.13. The van der Waals surface area contributed by atoms with E-state index in [0.29, 0.717) is 18.7 Å². The van der Waals surface area contributed by atoms with Crippen LogP contribution in [-0.2, 0) is 11.0 Å². The van der Waals surface area contributed by atoms with Gasteiger partial charge in [0, 0.05) is 5.92 Å². The summed E-state index contributed by atoms with van der Waals surface area (Å²) in [7, 11) is 0. The van der Waals surface area contributed by atoms with Crippen molar-refractivity contribution in [2.45, 2.75) is 24.9 Å². The number of alkyl halides is 3. The van der Waals surface area contributed by atoms with E-state index in [1.54, 1.807) is 6.07 Å². The SMILES string of the molecule is O=C(O)CN1CCC(C(c2ccccc2)c2cccc(C(F)(F)F)c2)CC1. The van der Waals surface area contributed by atoms with Gasteiger partial charge in [0.1, 0.15) is 0 Å². The predicted molar refractivity (Wildman–Crippen MR) is 96.5 cm³/mol. The number of likely N-dealkylation sites (tertiary alicyclic amines) is 1. The maximum atomic E-state index is 13.2. The van der Waals surface area contributed by atoms with Crippen LogP contribution >= 0.6 is 0 Å². The molecule has 6 heteroatoms. The van der Waals surface area contributed by atoms with Crippen molar-refractivity contribution in [3.8, 4) is 0 Å². The fourth-order valence-electron chi connectivity index (χ4n) is 3.94. The molecule has 1 atom stereocenters. The number of carboxylic acid groups (broad SMARTS) is 1. The van der Waals surface area contributed by atoms with Crippen molar-refractivity contribution in [2.24, 2.45) is 5.92 Å². The minimum atomic E-state index is -4.37. The van der Waals surface area contributed by atoms with Crippen molar-refractivity contribution < 1.29 is 23.1 Å². The molecule has 1 aliphatic rings. The van der Waals surface area contributed by atoms with E-state index in [1.807, 2.05) is 35.2 Å². The van der Waals surface area contributed by atoms with Crippen LogP contribution in [0.2, 0.25) is 0 Å². The van der Waals surface area contributed by atoms with E-state index in [-0.39, 0.29) is 18.4 Å². The Balaban J connectivity index is 1.89. The van der Waals surface area contributed by atoms with Crippen LogP contribution in [0.4, 0.5) is 13.2 Å². The second-order valence-corrected chi connectivity index (χ2v) is 7.02. The van der Waals surface area contributed by atoms with Gasteiger partial charge < -0.3 is 5.11 Å². The van der Waals surface area contributed by atoms with Crippen LogP contribution in [0.1, 0.15) is 35.4 Å². The molecule has 3 rings (SSSR count). The monoisotopic (exact) mass is 377 g/mol. The summed E-state index contributed by atoms with van der Waals surface area (Å²) in [5.41, 5.74) is 1.02. The number of nitrogens with zero attached hydrogens (tertiary/aromatic N) is 1. The molecule has 1 aliphatic heterocycles. The first-order valence-corrected chi connectivity index (χ1v) is 9.01. The van der Waals surface area contributed by atoms with Gasteiger partial charge in [-0.2, -0.15) is 13.2 Å². The molecule has 1 fully saturated rings. The molecule has 1 heterocycles. The lowest BCUT2D eigenvalue weighted by atomic mass is 9.76. The van der Waals surface area contributed by atoms with Crippen molar-refractivity contribution in [1.82, 2.24) is 4.90 Å². The zero-order valence-electron chi connectivity index (χ0n) is 14.8. The van der Waals surface area contributed by atoms with Crippen LogP contribution in [0.15, 0.2) is 54.6 Å².